The number of anilines is 1. The summed E-state index contributed by atoms with van der Waals surface area (Å²) in [5.41, 5.74) is 4.05. The fourth-order valence-electron chi connectivity index (χ4n) is 4.02. The van der Waals surface area contributed by atoms with Crippen molar-refractivity contribution in [3.05, 3.63) is 83.9 Å². The van der Waals surface area contributed by atoms with Gasteiger partial charge in [-0.3, -0.25) is 9.78 Å². The monoisotopic (exact) mass is 447 g/mol. The van der Waals surface area contributed by atoms with Crippen LogP contribution in [0, 0.1) is 6.92 Å². The van der Waals surface area contributed by atoms with Crippen molar-refractivity contribution in [2.45, 2.75) is 45.3 Å². The van der Waals surface area contributed by atoms with Crippen molar-refractivity contribution in [2.75, 3.05) is 11.9 Å². The van der Waals surface area contributed by atoms with Gasteiger partial charge in [0, 0.05) is 43.3 Å². The minimum absolute atomic E-state index is 0.0311. The number of amides is 1. The first kappa shape index (κ1) is 22.0. The van der Waals surface area contributed by atoms with E-state index in [0.29, 0.717) is 24.1 Å². The fraction of sp³-hybridized carbons (Fsp3) is 0.320. The molecule has 1 saturated heterocycles. The number of aromatic nitrogens is 2. The average Bonchev–Trinajstić information content (AvgIpc) is 3.39. The van der Waals surface area contributed by atoms with E-state index in [4.69, 9.17) is 12.2 Å². The Morgan fingerprint density at radius 1 is 1.19 bits per heavy atom. The number of nitrogens with one attached hydrogen (secondary N) is 2. The van der Waals surface area contributed by atoms with Crippen molar-refractivity contribution in [3.8, 4) is 0 Å². The first-order valence-corrected chi connectivity index (χ1v) is 11.3. The van der Waals surface area contributed by atoms with Crippen molar-refractivity contribution in [2.24, 2.45) is 0 Å². The summed E-state index contributed by atoms with van der Waals surface area (Å²) < 4.78 is 2.19. The lowest BCUT2D eigenvalue weighted by atomic mass is 9.99. The van der Waals surface area contributed by atoms with Gasteiger partial charge in [-0.1, -0.05) is 23.8 Å². The Morgan fingerprint density at radius 3 is 2.62 bits per heavy atom. The Bertz CT molecular complexity index is 1080. The number of hydrogen-bond donors (Lipinski definition) is 2. The number of carbonyl (C=O) groups excluding carboxylic acids is 1. The Labute approximate surface area is 194 Å². The van der Waals surface area contributed by atoms with Crippen LogP contribution < -0.4 is 10.6 Å². The van der Waals surface area contributed by atoms with Crippen LogP contribution in [0.3, 0.4) is 0 Å². The summed E-state index contributed by atoms with van der Waals surface area (Å²) in [6.45, 7) is 6.86. The highest BCUT2D eigenvalue weighted by atomic mass is 32.1. The van der Waals surface area contributed by atoms with Gasteiger partial charge in [0.05, 0.1) is 17.8 Å². The van der Waals surface area contributed by atoms with E-state index in [9.17, 15) is 4.79 Å². The predicted octanol–water partition coefficient (Wildman–Crippen LogP) is 4.77. The molecule has 1 amide bonds. The molecular weight excluding hydrogens is 418 g/mol. The van der Waals surface area contributed by atoms with Crippen molar-refractivity contribution in [1.82, 2.24) is 19.8 Å². The summed E-state index contributed by atoms with van der Waals surface area (Å²) in [4.78, 5) is 19.3. The van der Waals surface area contributed by atoms with E-state index in [2.05, 4.69) is 57.4 Å². The molecule has 2 atom stereocenters. The summed E-state index contributed by atoms with van der Waals surface area (Å²) >= 11 is 5.70. The lowest BCUT2D eigenvalue weighted by Gasteiger charge is -2.27. The largest absolute Gasteiger partial charge is 0.352 e. The number of benzene rings is 1. The number of carbonyl (C=O) groups is 1. The molecule has 0 saturated carbocycles. The van der Waals surface area contributed by atoms with Crippen molar-refractivity contribution < 1.29 is 4.79 Å². The van der Waals surface area contributed by atoms with E-state index in [1.807, 2.05) is 49.4 Å². The van der Waals surface area contributed by atoms with Gasteiger partial charge >= 0.3 is 0 Å². The summed E-state index contributed by atoms with van der Waals surface area (Å²) in [6.07, 6.45) is 6.40. The molecule has 1 fully saturated rings. The van der Waals surface area contributed by atoms with E-state index in [0.717, 1.165) is 22.5 Å². The van der Waals surface area contributed by atoms with Gasteiger partial charge in [0.2, 0.25) is 5.91 Å². The third kappa shape index (κ3) is 4.83. The molecule has 2 aromatic heterocycles. The Hall–Kier alpha value is -3.19. The third-order valence-corrected chi connectivity index (χ3v) is 6.14. The molecule has 0 radical (unpaired) electrons. The van der Waals surface area contributed by atoms with Gasteiger partial charge < -0.3 is 20.1 Å². The Balaban J connectivity index is 1.53. The lowest BCUT2D eigenvalue weighted by molar-refractivity contribution is -0.116. The van der Waals surface area contributed by atoms with E-state index in [1.165, 1.54) is 0 Å². The number of hydrogen-bond acceptors (Lipinski definition) is 3. The normalized spacial score (nSPS) is 18.1. The summed E-state index contributed by atoms with van der Waals surface area (Å²) in [5, 5.41) is 7.06. The highest BCUT2D eigenvalue weighted by Gasteiger charge is 2.40. The minimum Gasteiger partial charge on any atom is -0.352 e. The third-order valence-electron chi connectivity index (χ3n) is 5.79. The van der Waals surface area contributed by atoms with Crippen LogP contribution in [-0.2, 0) is 4.79 Å². The molecule has 0 unspecified atom stereocenters. The fourth-order valence-corrected chi connectivity index (χ4v) is 4.35. The molecule has 32 heavy (non-hydrogen) atoms. The Morgan fingerprint density at radius 2 is 1.97 bits per heavy atom. The zero-order valence-electron chi connectivity index (χ0n) is 18.7. The van der Waals surface area contributed by atoms with E-state index >= 15 is 0 Å². The van der Waals surface area contributed by atoms with E-state index < -0.39 is 0 Å². The lowest BCUT2D eigenvalue weighted by Crippen LogP contribution is -2.32. The zero-order chi connectivity index (χ0) is 22.7. The zero-order valence-corrected chi connectivity index (χ0v) is 19.5. The number of rotatable bonds is 7. The van der Waals surface area contributed by atoms with Crippen LogP contribution in [0.2, 0.25) is 0 Å². The van der Waals surface area contributed by atoms with Gasteiger partial charge in [-0.15, -0.1) is 0 Å². The van der Waals surface area contributed by atoms with Gasteiger partial charge in [0.1, 0.15) is 0 Å². The average molecular weight is 448 g/mol. The first-order valence-electron chi connectivity index (χ1n) is 10.9. The second-order valence-corrected chi connectivity index (χ2v) is 8.86. The van der Waals surface area contributed by atoms with Crippen LogP contribution in [0.5, 0.6) is 0 Å². The molecule has 1 aliphatic heterocycles. The number of nitrogens with zero attached hydrogens (tertiary/aromatic N) is 3. The molecule has 7 heteroatoms. The van der Waals surface area contributed by atoms with E-state index in [1.54, 1.807) is 6.20 Å². The second kappa shape index (κ2) is 9.53. The summed E-state index contributed by atoms with van der Waals surface area (Å²) in [7, 11) is 0. The molecule has 1 aliphatic rings. The smallest absolute Gasteiger partial charge is 0.226 e. The first-order chi connectivity index (χ1) is 15.4. The van der Waals surface area contributed by atoms with Crippen molar-refractivity contribution in [3.63, 3.8) is 0 Å². The molecular formula is C25H29N5OS. The quantitative estimate of drug-likeness (QED) is 0.511. The van der Waals surface area contributed by atoms with Crippen LogP contribution >= 0.6 is 12.2 Å². The van der Waals surface area contributed by atoms with Crippen LogP contribution in [-0.4, -0.2) is 32.0 Å². The molecule has 166 valence electrons. The van der Waals surface area contributed by atoms with Gasteiger partial charge in [0.25, 0.3) is 0 Å². The molecule has 0 bridgehead atoms. The van der Waals surface area contributed by atoms with Crippen molar-refractivity contribution >= 4 is 28.9 Å². The number of thiocarbonyl (C=S) groups is 1. The molecule has 4 rings (SSSR count). The summed E-state index contributed by atoms with van der Waals surface area (Å²) in [6, 6.07) is 16.1. The van der Waals surface area contributed by atoms with Gasteiger partial charge in [-0.25, -0.2) is 0 Å². The maximum atomic E-state index is 12.6. The maximum Gasteiger partial charge on any atom is 0.226 e. The molecule has 6 nitrogen and oxygen atoms in total. The summed E-state index contributed by atoms with van der Waals surface area (Å²) in [5.74, 6) is -0.0311. The van der Waals surface area contributed by atoms with Crippen molar-refractivity contribution in [1.29, 1.82) is 0 Å². The Kier molecular flexibility index (Phi) is 6.55. The molecule has 0 aliphatic carbocycles. The van der Waals surface area contributed by atoms with Crippen LogP contribution in [0.4, 0.5) is 5.69 Å². The standard InChI is InChI=1S/C25H29N5OS/c1-17(2)29-14-11-19(16-29)24-23(21-6-4-5-13-26-21)28-25(32)30(24)15-12-22(31)27-20-9-7-18(3)8-10-20/h4-11,13-14,16-17,23-24H,12,15H2,1-3H3,(H,27,31)(H,28,32)/t23-,24-/m0/s1. The molecule has 1 aromatic carbocycles. The maximum absolute atomic E-state index is 12.6. The molecule has 2 N–H and O–H groups in total. The minimum atomic E-state index is -0.0770. The van der Waals surface area contributed by atoms with Crippen LogP contribution in [0.1, 0.15) is 55.2 Å². The topological polar surface area (TPSA) is 62.2 Å². The second-order valence-electron chi connectivity index (χ2n) is 8.47. The van der Waals surface area contributed by atoms with Gasteiger partial charge in [-0.2, -0.15) is 0 Å². The van der Waals surface area contributed by atoms with Crippen LogP contribution in [0.25, 0.3) is 0 Å². The molecule has 3 heterocycles. The number of pyridine rings is 1. The van der Waals surface area contributed by atoms with Crippen LogP contribution in [0.15, 0.2) is 67.1 Å². The predicted molar refractivity (Wildman–Crippen MR) is 131 cm³/mol. The van der Waals surface area contributed by atoms with E-state index in [-0.39, 0.29) is 18.0 Å². The highest BCUT2D eigenvalue weighted by molar-refractivity contribution is 7.80. The SMILES string of the molecule is Cc1ccc(NC(=O)CCN2C(=S)N[C@@H](c3ccccn3)[C@@H]2c2ccn(C(C)C)c2)cc1. The molecule has 3 aromatic rings. The highest BCUT2D eigenvalue weighted by Crippen LogP contribution is 2.39. The van der Waals surface area contributed by atoms with Gasteiger partial charge in [0.15, 0.2) is 5.11 Å². The molecule has 0 spiro atoms. The van der Waals surface area contributed by atoms with Gasteiger partial charge in [-0.05, 0) is 68.9 Å². The number of aryl methyl sites for hydroxylation is 1.